The van der Waals surface area contributed by atoms with E-state index in [2.05, 4.69) is 4.74 Å². The minimum absolute atomic E-state index is 0.193. The molecule has 2 aromatic rings. The van der Waals surface area contributed by atoms with Crippen molar-refractivity contribution in [3.63, 3.8) is 0 Å². The molecule has 2 aromatic carbocycles. The van der Waals surface area contributed by atoms with Gasteiger partial charge in [0, 0.05) is 11.4 Å². The predicted octanol–water partition coefficient (Wildman–Crippen LogP) is 1.59. The van der Waals surface area contributed by atoms with E-state index in [0.717, 1.165) is 16.3 Å². The summed E-state index contributed by atoms with van der Waals surface area (Å²) in [5.74, 6) is 0.257. The Hall–Kier alpha value is -2.07. The topological polar surface area (TPSA) is 72.5 Å². The second-order valence-electron chi connectivity index (χ2n) is 4.18. The fraction of sp³-hybridized carbons (Fsp3) is 0.214. The fourth-order valence-corrected chi connectivity index (χ4v) is 2.03. The van der Waals surface area contributed by atoms with Gasteiger partial charge in [0.2, 0.25) is 0 Å². The number of phenols is 1. The molecule has 0 aromatic heterocycles. The summed E-state index contributed by atoms with van der Waals surface area (Å²) in [6.07, 6.45) is 0.592. The lowest BCUT2D eigenvalue weighted by atomic mass is 9.99. The highest BCUT2D eigenvalue weighted by atomic mass is 16.5. The Bertz CT molecular complexity index is 554. The number of hydrogen-bond donors (Lipinski definition) is 2. The Morgan fingerprint density at radius 3 is 2.67 bits per heavy atom. The first-order chi connectivity index (χ1) is 8.72. The number of carbonyl (C=O) groups is 1. The third-order valence-electron chi connectivity index (χ3n) is 2.85. The number of rotatable bonds is 5. The normalized spacial score (nSPS) is 12.3. The zero-order valence-electron chi connectivity index (χ0n) is 9.87. The van der Waals surface area contributed by atoms with E-state index >= 15 is 0 Å². The van der Waals surface area contributed by atoms with Crippen LogP contribution in [0.2, 0.25) is 0 Å². The van der Waals surface area contributed by atoms with Crippen molar-refractivity contribution in [2.75, 3.05) is 6.61 Å². The van der Waals surface area contributed by atoms with Crippen LogP contribution in [0.15, 0.2) is 36.4 Å². The summed E-state index contributed by atoms with van der Waals surface area (Å²) in [4.78, 5) is 10.1. The third-order valence-corrected chi connectivity index (χ3v) is 2.85. The molecule has 94 valence electrons. The largest absolute Gasteiger partial charge is 0.507 e. The van der Waals surface area contributed by atoms with E-state index < -0.39 is 0 Å². The van der Waals surface area contributed by atoms with Crippen LogP contribution in [0.3, 0.4) is 0 Å². The van der Waals surface area contributed by atoms with Crippen LogP contribution in [-0.2, 0) is 16.0 Å². The van der Waals surface area contributed by atoms with Gasteiger partial charge in [0.1, 0.15) is 12.4 Å². The number of benzene rings is 2. The second kappa shape index (κ2) is 5.51. The Kier molecular flexibility index (Phi) is 3.79. The zero-order chi connectivity index (χ0) is 13.0. The number of hydrogen-bond acceptors (Lipinski definition) is 4. The summed E-state index contributed by atoms with van der Waals surface area (Å²) in [7, 11) is 0. The summed E-state index contributed by atoms with van der Waals surface area (Å²) in [5.41, 5.74) is 6.91. The Morgan fingerprint density at radius 2 is 1.94 bits per heavy atom. The molecule has 1 atom stereocenters. The Labute approximate surface area is 105 Å². The van der Waals surface area contributed by atoms with E-state index in [0.29, 0.717) is 12.9 Å². The number of fused-ring (bicyclic) bond motifs is 1. The van der Waals surface area contributed by atoms with Crippen molar-refractivity contribution in [3.05, 3.63) is 42.0 Å². The maximum atomic E-state index is 10.1. The molecule has 0 heterocycles. The summed E-state index contributed by atoms with van der Waals surface area (Å²) in [5, 5.41) is 11.5. The lowest BCUT2D eigenvalue weighted by Crippen LogP contribution is -2.28. The maximum Gasteiger partial charge on any atom is 0.293 e. The van der Waals surface area contributed by atoms with Crippen LogP contribution in [0.4, 0.5) is 0 Å². The molecule has 0 radical (unpaired) electrons. The SMILES string of the molecule is NC(COC=O)Cc1ccc(O)c2ccccc12. The fourth-order valence-electron chi connectivity index (χ4n) is 2.03. The van der Waals surface area contributed by atoms with Crippen molar-refractivity contribution >= 4 is 17.2 Å². The first-order valence-electron chi connectivity index (χ1n) is 5.73. The standard InChI is InChI=1S/C14H15NO3/c15-11(8-18-9-16)7-10-5-6-14(17)13-4-2-1-3-12(10)13/h1-6,9,11,17H,7-8,15H2. The van der Waals surface area contributed by atoms with Crippen molar-refractivity contribution in [1.29, 1.82) is 0 Å². The number of ether oxygens (including phenoxy) is 1. The molecular weight excluding hydrogens is 230 g/mol. The highest BCUT2D eigenvalue weighted by Gasteiger charge is 2.09. The van der Waals surface area contributed by atoms with E-state index in [1.165, 1.54) is 0 Å². The Morgan fingerprint density at radius 1 is 1.22 bits per heavy atom. The van der Waals surface area contributed by atoms with Gasteiger partial charge in [-0.2, -0.15) is 0 Å². The van der Waals surface area contributed by atoms with Crippen LogP contribution >= 0.6 is 0 Å². The second-order valence-corrected chi connectivity index (χ2v) is 4.18. The summed E-state index contributed by atoms with van der Waals surface area (Å²) in [6.45, 7) is 0.591. The average molecular weight is 245 g/mol. The van der Waals surface area contributed by atoms with E-state index in [4.69, 9.17) is 5.73 Å². The first kappa shape index (κ1) is 12.4. The molecular formula is C14H15NO3. The molecule has 0 amide bonds. The van der Waals surface area contributed by atoms with Crippen molar-refractivity contribution < 1.29 is 14.6 Å². The number of phenolic OH excluding ortho intramolecular Hbond substituents is 1. The van der Waals surface area contributed by atoms with Gasteiger partial charge in [-0.3, -0.25) is 4.79 Å². The number of nitrogens with two attached hydrogens (primary N) is 1. The van der Waals surface area contributed by atoms with E-state index in [9.17, 15) is 9.90 Å². The molecule has 0 spiro atoms. The van der Waals surface area contributed by atoms with Crippen molar-refractivity contribution in [1.82, 2.24) is 0 Å². The van der Waals surface area contributed by atoms with Gasteiger partial charge < -0.3 is 15.6 Å². The van der Waals surface area contributed by atoms with Crippen LogP contribution in [0.5, 0.6) is 5.75 Å². The summed E-state index contributed by atoms with van der Waals surface area (Å²) in [6, 6.07) is 10.9. The van der Waals surface area contributed by atoms with E-state index in [1.54, 1.807) is 6.07 Å². The number of aromatic hydroxyl groups is 1. The van der Waals surface area contributed by atoms with Crippen LogP contribution < -0.4 is 5.73 Å². The van der Waals surface area contributed by atoms with Gasteiger partial charge in [-0.25, -0.2) is 0 Å². The molecule has 0 fully saturated rings. The van der Waals surface area contributed by atoms with Gasteiger partial charge >= 0.3 is 0 Å². The van der Waals surface area contributed by atoms with Crippen molar-refractivity contribution in [2.24, 2.45) is 5.73 Å². The van der Waals surface area contributed by atoms with Crippen molar-refractivity contribution in [3.8, 4) is 5.75 Å². The van der Waals surface area contributed by atoms with Gasteiger partial charge in [0.25, 0.3) is 6.47 Å². The van der Waals surface area contributed by atoms with Crippen LogP contribution in [0, 0.1) is 0 Å². The Balaban J connectivity index is 2.28. The van der Waals surface area contributed by atoms with Crippen LogP contribution in [0.25, 0.3) is 10.8 Å². The predicted molar refractivity (Wildman–Crippen MR) is 69.3 cm³/mol. The van der Waals surface area contributed by atoms with Crippen LogP contribution in [0.1, 0.15) is 5.56 Å². The quantitative estimate of drug-likeness (QED) is 0.784. The molecule has 0 saturated heterocycles. The molecule has 3 N–H and O–H groups in total. The zero-order valence-corrected chi connectivity index (χ0v) is 9.87. The molecule has 4 nitrogen and oxygen atoms in total. The molecule has 0 aliphatic heterocycles. The number of carbonyl (C=O) groups excluding carboxylic acids is 1. The van der Waals surface area contributed by atoms with Gasteiger partial charge in [0.15, 0.2) is 0 Å². The molecule has 0 aliphatic rings. The highest BCUT2D eigenvalue weighted by Crippen LogP contribution is 2.27. The molecule has 1 unspecified atom stereocenters. The van der Waals surface area contributed by atoms with Crippen LogP contribution in [-0.4, -0.2) is 24.2 Å². The summed E-state index contributed by atoms with van der Waals surface area (Å²) < 4.78 is 4.65. The minimum Gasteiger partial charge on any atom is -0.507 e. The average Bonchev–Trinajstić information content (AvgIpc) is 2.40. The molecule has 0 aliphatic carbocycles. The lowest BCUT2D eigenvalue weighted by Gasteiger charge is -2.13. The van der Waals surface area contributed by atoms with E-state index in [1.807, 2.05) is 30.3 Å². The highest BCUT2D eigenvalue weighted by molar-refractivity contribution is 5.90. The first-order valence-corrected chi connectivity index (χ1v) is 5.73. The lowest BCUT2D eigenvalue weighted by molar-refractivity contribution is -0.129. The third kappa shape index (κ3) is 2.60. The van der Waals surface area contributed by atoms with Gasteiger partial charge in [-0.1, -0.05) is 30.3 Å². The molecule has 18 heavy (non-hydrogen) atoms. The molecule has 4 heteroatoms. The van der Waals surface area contributed by atoms with Gasteiger partial charge in [0.05, 0.1) is 0 Å². The summed E-state index contributed by atoms with van der Waals surface area (Å²) >= 11 is 0. The minimum atomic E-state index is -0.247. The smallest absolute Gasteiger partial charge is 0.293 e. The van der Waals surface area contributed by atoms with E-state index in [-0.39, 0.29) is 18.4 Å². The molecule has 0 saturated carbocycles. The molecule has 2 rings (SSSR count). The van der Waals surface area contributed by atoms with Crippen molar-refractivity contribution in [2.45, 2.75) is 12.5 Å². The monoisotopic (exact) mass is 245 g/mol. The van der Waals surface area contributed by atoms with Gasteiger partial charge in [-0.05, 0) is 23.4 Å². The van der Waals surface area contributed by atoms with Gasteiger partial charge in [-0.15, -0.1) is 0 Å². The molecule has 0 bridgehead atoms. The maximum absolute atomic E-state index is 10.1.